The summed E-state index contributed by atoms with van der Waals surface area (Å²) in [5, 5.41) is 2.79. The van der Waals surface area contributed by atoms with Crippen molar-refractivity contribution in [2.24, 2.45) is 0 Å². The Bertz CT molecular complexity index is 277. The minimum atomic E-state index is -0.603. The second-order valence-electron chi connectivity index (χ2n) is 2.20. The van der Waals surface area contributed by atoms with E-state index in [0.29, 0.717) is 10.8 Å². The summed E-state index contributed by atoms with van der Waals surface area (Å²) in [6.07, 6.45) is 0. The van der Waals surface area contributed by atoms with Gasteiger partial charge in [-0.3, -0.25) is 4.79 Å². The smallest absolute Gasteiger partial charge is 0.352 e. The van der Waals surface area contributed by atoms with Crippen molar-refractivity contribution in [1.29, 1.82) is 0 Å². The monoisotopic (exact) mass is 221 g/mol. The molecule has 0 aliphatic carbocycles. The van der Waals surface area contributed by atoms with Gasteiger partial charge in [0.1, 0.15) is 5.03 Å². The van der Waals surface area contributed by atoms with Crippen molar-refractivity contribution >= 4 is 35.2 Å². The molecular weight excluding hydrogens is 214 g/mol. The predicted octanol–water partition coefficient (Wildman–Crippen LogP) is 0.820. The lowest BCUT2D eigenvalue weighted by Gasteiger charge is -2.02. The van der Waals surface area contributed by atoms with Gasteiger partial charge in [0.15, 0.2) is 5.03 Å². The summed E-state index contributed by atoms with van der Waals surface area (Å²) in [7, 11) is 0. The van der Waals surface area contributed by atoms with Gasteiger partial charge in [0.2, 0.25) is 5.91 Å². The van der Waals surface area contributed by atoms with Crippen LogP contribution < -0.4 is 5.32 Å². The molecule has 0 radical (unpaired) electrons. The first-order valence-corrected chi connectivity index (χ1v) is 5.01. The first kappa shape index (κ1) is 10.4. The fourth-order valence-corrected chi connectivity index (χ4v) is 1.75. The van der Waals surface area contributed by atoms with Gasteiger partial charge in [-0.15, -0.1) is 0 Å². The van der Waals surface area contributed by atoms with Gasteiger partial charge in [-0.25, -0.2) is 4.79 Å². The topological polar surface area (TPSA) is 55.4 Å². The van der Waals surface area contributed by atoms with E-state index in [9.17, 15) is 9.59 Å². The van der Waals surface area contributed by atoms with E-state index >= 15 is 0 Å². The number of halogens is 1. The van der Waals surface area contributed by atoms with Crippen LogP contribution in [-0.4, -0.2) is 24.2 Å². The van der Waals surface area contributed by atoms with E-state index in [0.717, 1.165) is 0 Å². The maximum Gasteiger partial charge on any atom is 0.352 e. The van der Waals surface area contributed by atoms with Crippen LogP contribution in [0.4, 0.5) is 0 Å². The number of carbonyl (C=O) groups excluding carboxylic acids is 2. The highest BCUT2D eigenvalue weighted by molar-refractivity contribution is 8.04. The molecule has 0 saturated carbocycles. The number of ether oxygens (including phenoxy) is 1. The van der Waals surface area contributed by atoms with Crippen molar-refractivity contribution in [1.82, 2.24) is 5.32 Å². The van der Waals surface area contributed by atoms with Crippen LogP contribution in [-0.2, 0) is 14.3 Å². The van der Waals surface area contributed by atoms with Crippen LogP contribution in [0.25, 0.3) is 0 Å². The zero-order valence-electron chi connectivity index (χ0n) is 6.93. The normalized spacial score (nSPS) is 19.7. The Morgan fingerprint density at radius 2 is 2.46 bits per heavy atom. The van der Waals surface area contributed by atoms with Crippen molar-refractivity contribution in [3.63, 3.8) is 0 Å². The van der Waals surface area contributed by atoms with Gasteiger partial charge in [-0.2, -0.15) is 0 Å². The van der Waals surface area contributed by atoms with Gasteiger partial charge in [0, 0.05) is 0 Å². The minimum Gasteiger partial charge on any atom is -0.462 e. The largest absolute Gasteiger partial charge is 0.462 e. The Kier molecular flexibility index (Phi) is 3.62. The lowest BCUT2D eigenvalue weighted by molar-refractivity contribution is -0.137. The Morgan fingerprint density at radius 1 is 1.77 bits per heavy atom. The molecule has 1 amide bonds. The Labute approximate surface area is 84.6 Å². The maximum atomic E-state index is 11.1. The summed E-state index contributed by atoms with van der Waals surface area (Å²) in [4.78, 5) is 21.8. The summed E-state index contributed by atoms with van der Waals surface area (Å²) in [5.41, 5.74) is 0. The molecule has 0 atom stereocenters. The predicted molar refractivity (Wildman–Crippen MR) is 50.1 cm³/mol. The molecule has 1 aliphatic heterocycles. The number of esters is 1. The SMILES string of the molecule is CCOC(=O)/C(Cl)=C1\NC(=O)CS1. The Morgan fingerprint density at radius 3 is 2.92 bits per heavy atom. The molecule has 1 aliphatic rings. The van der Waals surface area contributed by atoms with Crippen LogP contribution in [0.15, 0.2) is 10.1 Å². The lowest BCUT2D eigenvalue weighted by Crippen LogP contribution is -2.17. The van der Waals surface area contributed by atoms with Crippen molar-refractivity contribution in [2.75, 3.05) is 12.4 Å². The molecular formula is C7H8ClNO3S. The standard InChI is InChI=1S/C7H8ClNO3S/c1-2-12-7(11)5(8)6-9-4(10)3-13-6/h2-3H2,1H3,(H,9,10)/b6-5-. The van der Waals surface area contributed by atoms with Crippen molar-refractivity contribution < 1.29 is 14.3 Å². The summed E-state index contributed by atoms with van der Waals surface area (Å²) in [5.74, 6) is -0.457. The van der Waals surface area contributed by atoms with E-state index < -0.39 is 5.97 Å². The third-order valence-corrected chi connectivity index (χ3v) is 2.71. The first-order valence-electron chi connectivity index (χ1n) is 3.64. The molecule has 0 aromatic rings. The second-order valence-corrected chi connectivity index (χ2v) is 3.56. The molecule has 1 saturated heterocycles. The molecule has 0 spiro atoms. The summed E-state index contributed by atoms with van der Waals surface area (Å²) in [6.45, 7) is 1.95. The minimum absolute atomic E-state index is 0.0577. The zero-order valence-corrected chi connectivity index (χ0v) is 8.50. The summed E-state index contributed by atoms with van der Waals surface area (Å²) >= 11 is 6.85. The van der Waals surface area contributed by atoms with Crippen LogP contribution in [0, 0.1) is 0 Å². The van der Waals surface area contributed by atoms with Gasteiger partial charge in [0.05, 0.1) is 12.4 Å². The zero-order chi connectivity index (χ0) is 9.84. The van der Waals surface area contributed by atoms with E-state index in [1.165, 1.54) is 11.8 Å². The van der Waals surface area contributed by atoms with E-state index in [4.69, 9.17) is 11.6 Å². The molecule has 0 unspecified atom stereocenters. The van der Waals surface area contributed by atoms with Crippen molar-refractivity contribution in [3.8, 4) is 0 Å². The number of thioether (sulfide) groups is 1. The highest BCUT2D eigenvalue weighted by Gasteiger charge is 2.22. The summed E-state index contributed by atoms with van der Waals surface area (Å²) in [6, 6.07) is 0. The number of rotatable bonds is 2. The van der Waals surface area contributed by atoms with Crippen LogP contribution in [0.2, 0.25) is 0 Å². The van der Waals surface area contributed by atoms with Crippen LogP contribution in [0.1, 0.15) is 6.92 Å². The molecule has 6 heteroatoms. The molecule has 0 aromatic carbocycles. The number of amides is 1. The third kappa shape index (κ3) is 2.63. The van der Waals surface area contributed by atoms with Gasteiger partial charge >= 0.3 is 5.97 Å². The van der Waals surface area contributed by atoms with Gasteiger partial charge in [0.25, 0.3) is 0 Å². The number of nitrogens with one attached hydrogen (secondary N) is 1. The number of carbonyl (C=O) groups is 2. The van der Waals surface area contributed by atoms with Gasteiger partial charge in [-0.1, -0.05) is 23.4 Å². The molecule has 0 bridgehead atoms. The first-order chi connectivity index (χ1) is 6.15. The summed E-state index contributed by atoms with van der Waals surface area (Å²) < 4.78 is 4.66. The quantitative estimate of drug-likeness (QED) is 0.554. The van der Waals surface area contributed by atoms with Gasteiger partial charge < -0.3 is 10.1 Å². The average Bonchev–Trinajstić information content (AvgIpc) is 2.51. The maximum absolute atomic E-state index is 11.1. The molecule has 1 rings (SSSR count). The molecule has 0 aromatic heterocycles. The average molecular weight is 222 g/mol. The third-order valence-electron chi connectivity index (χ3n) is 1.25. The molecule has 1 N–H and O–H groups in total. The molecule has 72 valence electrons. The van der Waals surface area contributed by atoms with Crippen molar-refractivity contribution in [3.05, 3.63) is 10.1 Å². The van der Waals surface area contributed by atoms with E-state index in [2.05, 4.69) is 10.1 Å². The lowest BCUT2D eigenvalue weighted by atomic mass is 10.6. The Hall–Kier alpha value is -0.680. The molecule has 1 fully saturated rings. The highest BCUT2D eigenvalue weighted by Crippen LogP contribution is 2.25. The van der Waals surface area contributed by atoms with Gasteiger partial charge in [-0.05, 0) is 6.92 Å². The molecule has 1 heterocycles. The van der Waals surface area contributed by atoms with Crippen LogP contribution in [0.5, 0.6) is 0 Å². The van der Waals surface area contributed by atoms with E-state index in [1.54, 1.807) is 6.92 Å². The Balaban J connectivity index is 2.68. The van der Waals surface area contributed by atoms with E-state index in [1.807, 2.05) is 0 Å². The fourth-order valence-electron chi connectivity index (χ4n) is 0.742. The molecule has 4 nitrogen and oxygen atoms in total. The number of hydrogen-bond donors (Lipinski definition) is 1. The fraction of sp³-hybridized carbons (Fsp3) is 0.429. The number of hydrogen-bond acceptors (Lipinski definition) is 4. The second kappa shape index (κ2) is 4.53. The van der Waals surface area contributed by atoms with Crippen molar-refractivity contribution in [2.45, 2.75) is 6.92 Å². The van der Waals surface area contributed by atoms with Crippen LogP contribution >= 0.6 is 23.4 Å². The van der Waals surface area contributed by atoms with E-state index in [-0.39, 0.29) is 17.5 Å². The molecule has 13 heavy (non-hydrogen) atoms. The van der Waals surface area contributed by atoms with Crippen LogP contribution in [0.3, 0.4) is 0 Å². The highest BCUT2D eigenvalue weighted by atomic mass is 35.5.